The Labute approximate surface area is 102 Å². The third-order valence-electron chi connectivity index (χ3n) is 2.99. The number of aromatic nitrogens is 1. The van der Waals surface area contributed by atoms with E-state index in [2.05, 4.69) is 15.6 Å². The average Bonchev–Trinajstić information content (AvgIpc) is 3.18. The maximum absolute atomic E-state index is 11.5. The number of hydrogen-bond acceptors (Lipinski definition) is 3. The van der Waals surface area contributed by atoms with Crippen molar-refractivity contribution in [3.05, 3.63) is 30.1 Å². The van der Waals surface area contributed by atoms with E-state index in [1.807, 2.05) is 25.1 Å². The maximum atomic E-state index is 11.5. The van der Waals surface area contributed by atoms with Crippen LogP contribution in [0.25, 0.3) is 0 Å². The van der Waals surface area contributed by atoms with Crippen molar-refractivity contribution in [2.75, 3.05) is 13.1 Å². The molecule has 0 unspecified atom stereocenters. The second-order valence-electron chi connectivity index (χ2n) is 4.60. The molecular formula is C13H19N3O. The molecule has 1 amide bonds. The lowest BCUT2D eigenvalue weighted by Crippen LogP contribution is -2.36. The zero-order valence-corrected chi connectivity index (χ0v) is 10.1. The number of amides is 1. The summed E-state index contributed by atoms with van der Waals surface area (Å²) in [6, 6.07) is 5.90. The standard InChI is InChI=1S/C13H19N3O/c1-10(12-4-2-3-7-14-12)15-9-13(17)16-8-11-5-6-11/h2-4,7,10-11,15H,5-6,8-9H2,1H3,(H,16,17)/t10-/m0/s1. The van der Waals surface area contributed by atoms with E-state index in [0.717, 1.165) is 18.2 Å². The van der Waals surface area contributed by atoms with Crippen LogP contribution >= 0.6 is 0 Å². The Bertz CT molecular complexity index is 362. The first-order chi connectivity index (χ1) is 8.25. The molecule has 1 heterocycles. The van der Waals surface area contributed by atoms with Crippen molar-refractivity contribution in [1.29, 1.82) is 0 Å². The third kappa shape index (κ3) is 4.15. The molecular weight excluding hydrogens is 214 g/mol. The summed E-state index contributed by atoms with van der Waals surface area (Å²) in [6.07, 6.45) is 4.29. The first kappa shape index (κ1) is 12.0. The predicted molar refractivity (Wildman–Crippen MR) is 66.4 cm³/mol. The van der Waals surface area contributed by atoms with Gasteiger partial charge in [0.05, 0.1) is 12.2 Å². The molecule has 1 saturated carbocycles. The Morgan fingerprint density at radius 3 is 3.00 bits per heavy atom. The van der Waals surface area contributed by atoms with Crippen LogP contribution in [0.3, 0.4) is 0 Å². The second kappa shape index (κ2) is 5.77. The third-order valence-corrected chi connectivity index (χ3v) is 2.99. The summed E-state index contributed by atoms with van der Waals surface area (Å²) in [5.41, 5.74) is 0.961. The molecule has 1 aromatic rings. The molecule has 0 bridgehead atoms. The van der Waals surface area contributed by atoms with E-state index in [9.17, 15) is 4.79 Å². The van der Waals surface area contributed by atoms with Crippen molar-refractivity contribution in [3.63, 3.8) is 0 Å². The van der Waals surface area contributed by atoms with Gasteiger partial charge in [-0.1, -0.05) is 6.07 Å². The number of carbonyl (C=O) groups excluding carboxylic acids is 1. The number of pyridine rings is 1. The lowest BCUT2D eigenvalue weighted by Gasteiger charge is -2.12. The van der Waals surface area contributed by atoms with Crippen LogP contribution in [0, 0.1) is 5.92 Å². The van der Waals surface area contributed by atoms with E-state index < -0.39 is 0 Å². The molecule has 2 N–H and O–H groups in total. The molecule has 1 aromatic heterocycles. The van der Waals surface area contributed by atoms with Gasteiger partial charge in [0.15, 0.2) is 0 Å². The lowest BCUT2D eigenvalue weighted by atomic mass is 10.2. The molecule has 17 heavy (non-hydrogen) atoms. The quantitative estimate of drug-likeness (QED) is 0.777. The van der Waals surface area contributed by atoms with E-state index in [0.29, 0.717) is 6.54 Å². The minimum Gasteiger partial charge on any atom is -0.355 e. The molecule has 1 atom stereocenters. The summed E-state index contributed by atoms with van der Waals surface area (Å²) >= 11 is 0. The highest BCUT2D eigenvalue weighted by Crippen LogP contribution is 2.27. The van der Waals surface area contributed by atoms with Crippen LogP contribution in [0.1, 0.15) is 31.5 Å². The Hall–Kier alpha value is -1.42. The van der Waals surface area contributed by atoms with Gasteiger partial charge in [-0.25, -0.2) is 0 Å². The van der Waals surface area contributed by atoms with Crippen LogP contribution < -0.4 is 10.6 Å². The highest BCUT2D eigenvalue weighted by molar-refractivity contribution is 5.78. The summed E-state index contributed by atoms with van der Waals surface area (Å²) in [4.78, 5) is 15.8. The molecule has 0 aliphatic heterocycles. The minimum atomic E-state index is 0.0691. The Morgan fingerprint density at radius 2 is 2.35 bits per heavy atom. The fourth-order valence-electron chi connectivity index (χ4n) is 1.63. The van der Waals surface area contributed by atoms with Crippen molar-refractivity contribution >= 4 is 5.91 Å². The van der Waals surface area contributed by atoms with Crippen molar-refractivity contribution in [2.45, 2.75) is 25.8 Å². The molecule has 0 radical (unpaired) electrons. The lowest BCUT2D eigenvalue weighted by molar-refractivity contribution is -0.120. The van der Waals surface area contributed by atoms with E-state index >= 15 is 0 Å². The molecule has 4 nitrogen and oxygen atoms in total. The molecule has 1 aliphatic carbocycles. The van der Waals surface area contributed by atoms with Crippen LogP contribution in [0.5, 0.6) is 0 Å². The van der Waals surface area contributed by atoms with Gasteiger partial charge in [-0.15, -0.1) is 0 Å². The van der Waals surface area contributed by atoms with Crippen molar-refractivity contribution < 1.29 is 4.79 Å². The highest BCUT2D eigenvalue weighted by atomic mass is 16.1. The van der Waals surface area contributed by atoms with Gasteiger partial charge < -0.3 is 10.6 Å². The molecule has 92 valence electrons. The van der Waals surface area contributed by atoms with E-state index in [1.165, 1.54) is 12.8 Å². The first-order valence-electron chi connectivity index (χ1n) is 6.16. The molecule has 4 heteroatoms. The van der Waals surface area contributed by atoms with Crippen LogP contribution in [0.4, 0.5) is 0 Å². The maximum Gasteiger partial charge on any atom is 0.233 e. The van der Waals surface area contributed by atoms with Crippen molar-refractivity contribution in [1.82, 2.24) is 15.6 Å². The summed E-state index contributed by atoms with van der Waals surface area (Å²) in [5, 5.41) is 6.10. The molecule has 1 aliphatic rings. The van der Waals surface area contributed by atoms with Crippen molar-refractivity contribution in [2.24, 2.45) is 5.92 Å². The molecule has 0 saturated heterocycles. The Kier molecular flexibility index (Phi) is 4.09. The summed E-state index contributed by atoms with van der Waals surface area (Å²) in [5.74, 6) is 0.798. The topological polar surface area (TPSA) is 54.0 Å². The first-order valence-corrected chi connectivity index (χ1v) is 6.16. The zero-order chi connectivity index (χ0) is 12.1. The molecule has 1 fully saturated rings. The van der Waals surface area contributed by atoms with Gasteiger partial charge in [0.25, 0.3) is 0 Å². The second-order valence-corrected chi connectivity index (χ2v) is 4.60. The number of nitrogens with one attached hydrogen (secondary N) is 2. The zero-order valence-electron chi connectivity index (χ0n) is 10.1. The van der Waals surface area contributed by atoms with Crippen LogP contribution in [0.15, 0.2) is 24.4 Å². The SMILES string of the molecule is C[C@H](NCC(=O)NCC1CC1)c1ccccn1. The van der Waals surface area contributed by atoms with Crippen LogP contribution in [-0.2, 0) is 4.79 Å². The van der Waals surface area contributed by atoms with Crippen LogP contribution in [-0.4, -0.2) is 24.0 Å². The van der Waals surface area contributed by atoms with Gasteiger partial charge in [-0.2, -0.15) is 0 Å². The van der Waals surface area contributed by atoms with Crippen molar-refractivity contribution in [3.8, 4) is 0 Å². The van der Waals surface area contributed by atoms with E-state index in [4.69, 9.17) is 0 Å². The summed E-state index contributed by atoms with van der Waals surface area (Å²) < 4.78 is 0. The minimum absolute atomic E-state index is 0.0691. The summed E-state index contributed by atoms with van der Waals surface area (Å²) in [6.45, 7) is 3.19. The summed E-state index contributed by atoms with van der Waals surface area (Å²) in [7, 11) is 0. The normalized spacial score (nSPS) is 16.5. The number of hydrogen-bond donors (Lipinski definition) is 2. The fourth-order valence-corrected chi connectivity index (χ4v) is 1.63. The fraction of sp³-hybridized carbons (Fsp3) is 0.538. The molecule has 0 aromatic carbocycles. The average molecular weight is 233 g/mol. The van der Waals surface area contributed by atoms with E-state index in [-0.39, 0.29) is 11.9 Å². The van der Waals surface area contributed by atoms with Gasteiger partial charge in [0, 0.05) is 18.8 Å². The van der Waals surface area contributed by atoms with Gasteiger partial charge in [-0.05, 0) is 37.8 Å². The van der Waals surface area contributed by atoms with Crippen LogP contribution in [0.2, 0.25) is 0 Å². The van der Waals surface area contributed by atoms with Gasteiger partial charge >= 0.3 is 0 Å². The predicted octanol–water partition coefficient (Wildman–Crippen LogP) is 1.26. The smallest absolute Gasteiger partial charge is 0.233 e. The number of rotatable bonds is 6. The largest absolute Gasteiger partial charge is 0.355 e. The molecule has 0 spiro atoms. The van der Waals surface area contributed by atoms with E-state index in [1.54, 1.807) is 6.20 Å². The Morgan fingerprint density at radius 1 is 1.53 bits per heavy atom. The van der Waals surface area contributed by atoms with Gasteiger partial charge in [-0.3, -0.25) is 9.78 Å². The number of carbonyl (C=O) groups is 1. The Balaban J connectivity index is 1.68. The van der Waals surface area contributed by atoms with Gasteiger partial charge in [0.2, 0.25) is 5.91 Å². The van der Waals surface area contributed by atoms with Gasteiger partial charge in [0.1, 0.15) is 0 Å². The highest BCUT2D eigenvalue weighted by Gasteiger charge is 2.21. The molecule has 2 rings (SSSR count). The monoisotopic (exact) mass is 233 g/mol. The number of nitrogens with zero attached hydrogens (tertiary/aromatic N) is 1.